The Hall–Kier alpha value is -2.24. The van der Waals surface area contributed by atoms with Crippen LogP contribution in [0.15, 0.2) is 24.3 Å². The zero-order valence-corrected chi connectivity index (χ0v) is 9.59. The summed E-state index contributed by atoms with van der Waals surface area (Å²) in [6.07, 6.45) is -0.503. The van der Waals surface area contributed by atoms with Gasteiger partial charge >= 0.3 is 12.1 Å². The predicted octanol–water partition coefficient (Wildman–Crippen LogP) is 0.403. The van der Waals surface area contributed by atoms with Crippen molar-refractivity contribution in [3.8, 4) is 0 Å². The summed E-state index contributed by atoms with van der Waals surface area (Å²) in [5, 5.41) is 5.58. The van der Waals surface area contributed by atoms with Gasteiger partial charge in [0, 0.05) is 13.1 Å². The minimum absolute atomic E-state index is 0.119. The van der Waals surface area contributed by atoms with Gasteiger partial charge in [-0.3, -0.25) is 9.80 Å². The third-order valence-electron chi connectivity index (χ3n) is 3.82. The second kappa shape index (κ2) is 3.16. The van der Waals surface area contributed by atoms with E-state index in [1.165, 1.54) is 0 Å². The Bertz CT molecular complexity index is 512. The normalized spacial score (nSPS) is 28.4. The highest BCUT2D eigenvalue weighted by Gasteiger charge is 2.51. The Balaban J connectivity index is 1.84. The lowest BCUT2D eigenvalue weighted by Gasteiger charge is -2.25. The summed E-state index contributed by atoms with van der Waals surface area (Å²) < 4.78 is 0. The van der Waals surface area contributed by atoms with Crippen LogP contribution in [0.1, 0.15) is 11.1 Å². The van der Waals surface area contributed by atoms with E-state index in [0.717, 1.165) is 11.1 Å². The molecule has 6 nitrogen and oxygen atoms in total. The third kappa shape index (κ3) is 1.12. The number of fused-ring (bicyclic) bond motifs is 1. The number of rotatable bonds is 0. The van der Waals surface area contributed by atoms with Crippen molar-refractivity contribution in [3.63, 3.8) is 0 Å². The topological polar surface area (TPSA) is 64.7 Å². The molecule has 2 saturated heterocycles. The fraction of sp³-hybridized carbons (Fsp3) is 0.333. The van der Waals surface area contributed by atoms with Crippen LogP contribution in [-0.2, 0) is 13.1 Å². The largest absolute Gasteiger partial charge is 0.321 e. The van der Waals surface area contributed by atoms with E-state index in [1.807, 2.05) is 24.3 Å². The number of benzene rings is 1. The summed E-state index contributed by atoms with van der Waals surface area (Å²) in [7, 11) is 0. The highest BCUT2D eigenvalue weighted by molar-refractivity contribution is 5.85. The average Bonchev–Trinajstić information content (AvgIpc) is 2.72. The highest BCUT2D eigenvalue weighted by Crippen LogP contribution is 2.30. The van der Waals surface area contributed by atoms with Crippen LogP contribution in [0, 0.1) is 0 Å². The molecule has 6 heteroatoms. The van der Waals surface area contributed by atoms with Crippen LogP contribution in [0.5, 0.6) is 0 Å². The minimum atomic E-state index is -0.292. The van der Waals surface area contributed by atoms with Gasteiger partial charge in [0.05, 0.1) is 0 Å². The zero-order valence-electron chi connectivity index (χ0n) is 9.59. The Morgan fingerprint density at radius 3 is 1.94 bits per heavy atom. The maximum absolute atomic E-state index is 11.9. The summed E-state index contributed by atoms with van der Waals surface area (Å²) in [5.41, 5.74) is 2.21. The van der Waals surface area contributed by atoms with Gasteiger partial charge in [-0.1, -0.05) is 24.3 Å². The molecule has 0 spiro atoms. The standard InChI is InChI=1S/C12H12N4O2/c17-11-13-9-10-15(11)5-7-3-1-2-4-8(7)6-16(10)12(18)14-9/h1-4,9-10H,5-6H2,(H,13,17)(H,14,18). The van der Waals surface area contributed by atoms with E-state index in [2.05, 4.69) is 10.6 Å². The van der Waals surface area contributed by atoms with E-state index < -0.39 is 0 Å². The van der Waals surface area contributed by atoms with Crippen LogP contribution in [0.4, 0.5) is 9.59 Å². The molecule has 0 aliphatic carbocycles. The molecule has 1 aromatic rings. The number of amides is 4. The molecule has 4 rings (SSSR count). The molecule has 0 radical (unpaired) electrons. The minimum Gasteiger partial charge on any atom is -0.314 e. The molecule has 2 fully saturated rings. The molecule has 92 valence electrons. The van der Waals surface area contributed by atoms with Crippen LogP contribution in [0.2, 0.25) is 0 Å². The summed E-state index contributed by atoms with van der Waals surface area (Å²) in [6.45, 7) is 1.10. The maximum atomic E-state index is 11.9. The van der Waals surface area contributed by atoms with Crippen molar-refractivity contribution in [2.45, 2.75) is 25.4 Å². The van der Waals surface area contributed by atoms with Gasteiger partial charge in [-0.05, 0) is 11.1 Å². The first kappa shape index (κ1) is 9.76. The quantitative estimate of drug-likeness (QED) is 0.694. The Morgan fingerprint density at radius 1 is 0.944 bits per heavy atom. The summed E-state index contributed by atoms with van der Waals surface area (Å²) >= 11 is 0. The molecule has 3 aliphatic rings. The molecule has 0 bridgehead atoms. The molecule has 18 heavy (non-hydrogen) atoms. The van der Waals surface area contributed by atoms with Gasteiger partial charge in [-0.25, -0.2) is 9.59 Å². The first-order chi connectivity index (χ1) is 8.74. The smallest absolute Gasteiger partial charge is 0.314 e. The van der Waals surface area contributed by atoms with Crippen molar-refractivity contribution in [1.29, 1.82) is 0 Å². The van der Waals surface area contributed by atoms with Crippen LogP contribution in [0.3, 0.4) is 0 Å². The van der Waals surface area contributed by atoms with E-state index in [0.29, 0.717) is 13.1 Å². The summed E-state index contributed by atoms with van der Waals surface area (Å²) in [6, 6.07) is 7.70. The lowest BCUT2D eigenvalue weighted by Crippen LogP contribution is -2.43. The Kier molecular flexibility index (Phi) is 1.71. The van der Waals surface area contributed by atoms with Gasteiger partial charge in [0.2, 0.25) is 0 Å². The van der Waals surface area contributed by atoms with Crippen molar-refractivity contribution in [1.82, 2.24) is 20.4 Å². The lowest BCUT2D eigenvalue weighted by atomic mass is 10.1. The second-order valence-corrected chi connectivity index (χ2v) is 4.81. The Labute approximate surface area is 104 Å². The van der Waals surface area contributed by atoms with Gasteiger partial charge in [0.15, 0.2) is 0 Å². The highest BCUT2D eigenvalue weighted by atomic mass is 16.2. The fourth-order valence-corrected chi connectivity index (χ4v) is 2.95. The fourth-order valence-electron chi connectivity index (χ4n) is 2.95. The first-order valence-electron chi connectivity index (χ1n) is 5.95. The molecule has 3 aliphatic heterocycles. The number of carbonyl (C=O) groups excluding carboxylic acids is 2. The number of urea groups is 2. The number of hydrogen-bond donors (Lipinski definition) is 2. The number of nitrogens with one attached hydrogen (secondary N) is 2. The van der Waals surface area contributed by atoms with Crippen molar-refractivity contribution in [3.05, 3.63) is 35.4 Å². The van der Waals surface area contributed by atoms with E-state index in [4.69, 9.17) is 0 Å². The van der Waals surface area contributed by atoms with E-state index >= 15 is 0 Å². The third-order valence-corrected chi connectivity index (χ3v) is 3.82. The van der Waals surface area contributed by atoms with Crippen molar-refractivity contribution in [2.24, 2.45) is 0 Å². The van der Waals surface area contributed by atoms with Gasteiger partial charge in [0.1, 0.15) is 12.3 Å². The molecule has 0 saturated carbocycles. The molecule has 2 N–H and O–H groups in total. The van der Waals surface area contributed by atoms with Gasteiger partial charge in [-0.15, -0.1) is 0 Å². The van der Waals surface area contributed by atoms with Crippen LogP contribution in [0.25, 0.3) is 0 Å². The molecule has 0 unspecified atom stereocenters. The molecule has 3 heterocycles. The van der Waals surface area contributed by atoms with E-state index in [1.54, 1.807) is 9.80 Å². The van der Waals surface area contributed by atoms with Crippen molar-refractivity contribution in [2.75, 3.05) is 0 Å². The molecule has 1 aromatic carbocycles. The van der Waals surface area contributed by atoms with Crippen LogP contribution in [-0.4, -0.2) is 34.2 Å². The second-order valence-electron chi connectivity index (χ2n) is 4.81. The van der Waals surface area contributed by atoms with Crippen LogP contribution >= 0.6 is 0 Å². The summed E-state index contributed by atoms with van der Waals surface area (Å²) in [5.74, 6) is 0. The summed E-state index contributed by atoms with van der Waals surface area (Å²) in [4.78, 5) is 27.2. The first-order valence-corrected chi connectivity index (χ1v) is 5.95. The Morgan fingerprint density at radius 2 is 1.44 bits per heavy atom. The predicted molar refractivity (Wildman–Crippen MR) is 62.2 cm³/mol. The SMILES string of the molecule is O=C1NC2NC(=O)N3Cc4ccccc4CN1C23. The number of nitrogens with zero attached hydrogens (tertiary/aromatic N) is 2. The van der Waals surface area contributed by atoms with E-state index in [-0.39, 0.29) is 24.4 Å². The van der Waals surface area contributed by atoms with Crippen molar-refractivity contribution < 1.29 is 9.59 Å². The van der Waals surface area contributed by atoms with Gasteiger partial charge in [0.25, 0.3) is 0 Å². The van der Waals surface area contributed by atoms with E-state index in [9.17, 15) is 9.59 Å². The monoisotopic (exact) mass is 244 g/mol. The van der Waals surface area contributed by atoms with Gasteiger partial charge < -0.3 is 10.6 Å². The molecule has 0 aromatic heterocycles. The zero-order chi connectivity index (χ0) is 12.3. The molecular weight excluding hydrogens is 232 g/mol. The average molecular weight is 244 g/mol. The molecule has 0 atom stereocenters. The molecular formula is C12H12N4O2. The molecule has 4 amide bonds. The lowest BCUT2D eigenvalue weighted by molar-refractivity contribution is 0.128. The van der Waals surface area contributed by atoms with Crippen molar-refractivity contribution >= 4 is 12.1 Å². The van der Waals surface area contributed by atoms with Crippen LogP contribution < -0.4 is 10.6 Å². The number of carbonyl (C=O) groups is 2. The van der Waals surface area contributed by atoms with Gasteiger partial charge in [-0.2, -0.15) is 0 Å². The number of hydrogen-bond acceptors (Lipinski definition) is 2. The maximum Gasteiger partial charge on any atom is 0.321 e.